The van der Waals surface area contributed by atoms with E-state index in [-0.39, 0.29) is 11.0 Å². The first kappa shape index (κ1) is 16.5. The van der Waals surface area contributed by atoms with Crippen molar-refractivity contribution in [2.75, 3.05) is 19.6 Å². The normalized spacial score (nSPS) is 10.1. The van der Waals surface area contributed by atoms with Crippen molar-refractivity contribution in [1.29, 1.82) is 0 Å². The van der Waals surface area contributed by atoms with Gasteiger partial charge in [0.2, 0.25) is 0 Å². The van der Waals surface area contributed by atoms with E-state index in [1.165, 1.54) is 25.3 Å². The van der Waals surface area contributed by atoms with Crippen molar-refractivity contribution in [3.63, 3.8) is 0 Å². The molecule has 0 aromatic heterocycles. The molecule has 0 unspecified atom stereocenters. The molecule has 0 radical (unpaired) electrons. The molecular weight excluding hydrogens is 190 g/mol. The second-order valence-corrected chi connectivity index (χ2v) is 3.43. The first-order valence-electron chi connectivity index (χ1n) is 5.20. The second-order valence-electron chi connectivity index (χ2n) is 3.43. The molecule has 3 nitrogen and oxygen atoms in total. The van der Waals surface area contributed by atoms with Gasteiger partial charge in [-0.05, 0) is 32.9 Å². The Balaban J connectivity index is 0. The van der Waals surface area contributed by atoms with Crippen molar-refractivity contribution in [3.8, 4) is 0 Å². The Hall–Kier alpha value is -0.900. The summed E-state index contributed by atoms with van der Waals surface area (Å²) in [5, 5.41) is 0. The summed E-state index contributed by atoms with van der Waals surface area (Å²) in [6, 6.07) is 10.8. The summed E-state index contributed by atoms with van der Waals surface area (Å²) in [6.45, 7) is 10.3. The lowest BCUT2D eigenvalue weighted by Gasteiger charge is -2.35. The van der Waals surface area contributed by atoms with Crippen molar-refractivity contribution in [2.24, 2.45) is 0 Å². The molecule has 0 atom stereocenters. The molecule has 1 aromatic carbocycles. The van der Waals surface area contributed by atoms with E-state index in [4.69, 9.17) is 0 Å². The molecule has 0 saturated carbocycles. The van der Waals surface area contributed by atoms with Gasteiger partial charge in [-0.25, -0.2) is 0 Å². The van der Waals surface area contributed by atoms with E-state index >= 15 is 0 Å². The highest BCUT2D eigenvalue weighted by Crippen LogP contribution is 2.21. The molecule has 88 valence electrons. The summed E-state index contributed by atoms with van der Waals surface area (Å²) in [6.07, 6.45) is 0. The minimum atomic E-state index is 0. The average molecular weight is 213 g/mol. The van der Waals surface area contributed by atoms with E-state index in [9.17, 15) is 0 Å². The maximum atomic E-state index is 2.26. The Morgan fingerprint density at radius 1 is 0.867 bits per heavy atom. The van der Waals surface area contributed by atoms with Crippen LogP contribution < -0.4 is 4.48 Å². The number of para-hydroxylation sites is 1. The van der Waals surface area contributed by atoms with E-state index in [0.29, 0.717) is 0 Å². The van der Waals surface area contributed by atoms with Crippen molar-refractivity contribution < 1.29 is 11.0 Å². The summed E-state index contributed by atoms with van der Waals surface area (Å²) < 4.78 is 1.10. The standard InChI is InChI=1S/C12H20N.2H2O/c1-4-13(5-2,6-3)12-10-8-7-9-11-12;;/h7-11H,4-6H2,1-3H3;2*1H2/q+1;;/p-1. The molecule has 3 heteroatoms. The van der Waals surface area contributed by atoms with E-state index in [1.807, 2.05) is 0 Å². The van der Waals surface area contributed by atoms with E-state index in [2.05, 4.69) is 51.1 Å². The van der Waals surface area contributed by atoms with Crippen LogP contribution in [-0.2, 0) is 0 Å². The quantitative estimate of drug-likeness (QED) is 0.706. The van der Waals surface area contributed by atoms with Gasteiger partial charge in [-0.3, -0.25) is 4.48 Å². The van der Waals surface area contributed by atoms with Gasteiger partial charge in [0.1, 0.15) is 5.69 Å². The van der Waals surface area contributed by atoms with Crippen LogP contribution in [-0.4, -0.2) is 30.6 Å². The summed E-state index contributed by atoms with van der Waals surface area (Å²) in [4.78, 5) is 0. The molecule has 0 spiro atoms. The third kappa shape index (κ3) is 3.30. The lowest BCUT2D eigenvalue weighted by Crippen LogP contribution is -2.48. The third-order valence-corrected chi connectivity index (χ3v) is 3.12. The Labute approximate surface area is 92.6 Å². The van der Waals surface area contributed by atoms with E-state index < -0.39 is 0 Å². The van der Waals surface area contributed by atoms with Crippen LogP contribution >= 0.6 is 0 Å². The smallest absolute Gasteiger partial charge is 0.132 e. The highest BCUT2D eigenvalue weighted by Gasteiger charge is 2.23. The predicted molar refractivity (Wildman–Crippen MR) is 65.4 cm³/mol. The van der Waals surface area contributed by atoms with Gasteiger partial charge in [0, 0.05) is 0 Å². The number of quaternary nitrogens is 1. The molecule has 0 fully saturated rings. The average Bonchev–Trinajstić information content (AvgIpc) is 2.23. The Kier molecular flexibility index (Phi) is 8.15. The van der Waals surface area contributed by atoms with E-state index in [0.717, 1.165) is 4.48 Å². The fourth-order valence-corrected chi connectivity index (χ4v) is 1.96. The minimum Gasteiger partial charge on any atom is -0.870 e. The highest BCUT2D eigenvalue weighted by atomic mass is 16.0. The van der Waals surface area contributed by atoms with Gasteiger partial charge in [-0.1, -0.05) is 18.2 Å². The topological polar surface area (TPSA) is 61.5 Å². The molecule has 0 aliphatic carbocycles. The fraction of sp³-hybridized carbons (Fsp3) is 0.500. The zero-order valence-corrected chi connectivity index (χ0v) is 9.90. The molecule has 0 bridgehead atoms. The lowest BCUT2D eigenvalue weighted by atomic mass is 10.2. The van der Waals surface area contributed by atoms with Gasteiger partial charge in [0.15, 0.2) is 0 Å². The molecule has 1 rings (SSSR count). The number of hydrogen-bond donors (Lipinski definition) is 0. The molecule has 15 heavy (non-hydrogen) atoms. The summed E-state index contributed by atoms with van der Waals surface area (Å²) in [5.74, 6) is 0. The molecule has 0 heterocycles. The number of nitrogens with zero attached hydrogens (tertiary/aromatic N) is 1. The summed E-state index contributed by atoms with van der Waals surface area (Å²) >= 11 is 0. The van der Waals surface area contributed by atoms with E-state index in [1.54, 1.807) is 0 Å². The Morgan fingerprint density at radius 3 is 1.60 bits per heavy atom. The van der Waals surface area contributed by atoms with Crippen LogP contribution in [0.1, 0.15) is 20.8 Å². The van der Waals surface area contributed by atoms with Crippen LogP contribution in [0.5, 0.6) is 0 Å². The van der Waals surface area contributed by atoms with Gasteiger partial charge in [-0.2, -0.15) is 0 Å². The zero-order chi connectivity index (χ0) is 9.73. The highest BCUT2D eigenvalue weighted by molar-refractivity contribution is 5.42. The van der Waals surface area contributed by atoms with Crippen molar-refractivity contribution in [2.45, 2.75) is 20.8 Å². The molecule has 0 aliphatic rings. The molecular formula is C12H23NO2. The van der Waals surface area contributed by atoms with Crippen LogP contribution in [0.4, 0.5) is 5.69 Å². The lowest BCUT2D eigenvalue weighted by molar-refractivity contribution is 0.316. The van der Waals surface area contributed by atoms with Gasteiger partial charge < -0.3 is 11.0 Å². The van der Waals surface area contributed by atoms with Crippen molar-refractivity contribution in [3.05, 3.63) is 30.3 Å². The van der Waals surface area contributed by atoms with Crippen LogP contribution in [0, 0.1) is 0 Å². The molecule has 1 aromatic rings. The predicted octanol–water partition coefficient (Wildman–Crippen LogP) is 2.05. The van der Waals surface area contributed by atoms with Crippen LogP contribution in [0.25, 0.3) is 0 Å². The maximum absolute atomic E-state index is 2.26. The SMILES string of the molecule is CC[N+](CC)(CC)c1ccccc1.O.[OH-]. The van der Waals surface area contributed by atoms with Gasteiger partial charge in [0.05, 0.1) is 19.6 Å². The van der Waals surface area contributed by atoms with Gasteiger partial charge in [-0.15, -0.1) is 0 Å². The summed E-state index contributed by atoms with van der Waals surface area (Å²) in [5.41, 5.74) is 1.44. The number of benzene rings is 1. The van der Waals surface area contributed by atoms with Gasteiger partial charge >= 0.3 is 0 Å². The second kappa shape index (κ2) is 7.40. The largest absolute Gasteiger partial charge is 0.870 e. The molecule has 0 aliphatic heterocycles. The zero-order valence-electron chi connectivity index (χ0n) is 9.90. The van der Waals surface area contributed by atoms with Crippen LogP contribution in [0.2, 0.25) is 0 Å². The maximum Gasteiger partial charge on any atom is 0.132 e. The summed E-state index contributed by atoms with van der Waals surface area (Å²) in [7, 11) is 0. The number of hydrogen-bond acceptors (Lipinski definition) is 1. The van der Waals surface area contributed by atoms with Crippen LogP contribution in [0.15, 0.2) is 30.3 Å². The fourth-order valence-electron chi connectivity index (χ4n) is 1.96. The van der Waals surface area contributed by atoms with Gasteiger partial charge in [0.25, 0.3) is 0 Å². The van der Waals surface area contributed by atoms with Crippen molar-refractivity contribution in [1.82, 2.24) is 4.48 Å². The third-order valence-electron chi connectivity index (χ3n) is 3.12. The number of rotatable bonds is 4. The molecule has 0 saturated heterocycles. The minimum absolute atomic E-state index is 0. The van der Waals surface area contributed by atoms with Crippen molar-refractivity contribution >= 4 is 5.69 Å². The Morgan fingerprint density at radius 2 is 1.27 bits per heavy atom. The molecule has 0 amide bonds. The first-order valence-corrected chi connectivity index (χ1v) is 5.20. The monoisotopic (exact) mass is 213 g/mol. The Bertz CT molecular complexity index is 237. The first-order chi connectivity index (χ1) is 6.29. The molecule has 3 N–H and O–H groups in total. The van der Waals surface area contributed by atoms with Crippen LogP contribution in [0.3, 0.4) is 0 Å².